The highest BCUT2D eigenvalue weighted by Gasteiger charge is 2.43. The average molecular weight is 466 g/mol. The number of Topliss-reactive ketones (excluding diaryl/α,β-unsaturated/α-hetero) is 2. The Kier molecular flexibility index (Phi) is 7.52. The van der Waals surface area contributed by atoms with Crippen molar-refractivity contribution in [2.45, 2.75) is 24.7 Å². The van der Waals surface area contributed by atoms with Gasteiger partial charge in [0.1, 0.15) is 0 Å². The minimum atomic E-state index is -1.09. The van der Waals surface area contributed by atoms with Crippen LogP contribution in [0.1, 0.15) is 35.8 Å². The molecule has 34 heavy (non-hydrogen) atoms. The Morgan fingerprint density at radius 3 is 1.35 bits per heavy atom. The summed E-state index contributed by atoms with van der Waals surface area (Å²) in [6, 6.07) is 6.05. The van der Waals surface area contributed by atoms with Gasteiger partial charge in [0, 0.05) is 36.6 Å². The Balaban J connectivity index is 2.13. The molecule has 0 bridgehead atoms. The van der Waals surface area contributed by atoms with Crippen molar-refractivity contribution in [1.82, 2.24) is 9.97 Å². The largest absolute Gasteiger partial charge is 0.504 e. The molecule has 0 fully saturated rings. The van der Waals surface area contributed by atoms with Gasteiger partial charge in [-0.2, -0.15) is 0 Å². The standard InChI is InChI=1S/C24H22N2O8/c1-33-17(27)11-15(13-3-7-25-8-4-13)19-21(29)23(31)20(24(32)22(19)30)16(12-18(28)34-2)14-5-9-26-10-6-14/h3-10,15-16,29,32H,11-12H2,1-2H3. The number of aliphatic hydroxyl groups is 2. The smallest absolute Gasteiger partial charge is 0.306 e. The van der Waals surface area contributed by atoms with Gasteiger partial charge in [-0.05, 0) is 35.4 Å². The molecule has 0 saturated carbocycles. The molecule has 2 heterocycles. The molecule has 10 nitrogen and oxygen atoms in total. The van der Waals surface area contributed by atoms with E-state index in [1.807, 2.05) is 0 Å². The number of aromatic nitrogens is 2. The van der Waals surface area contributed by atoms with Crippen molar-refractivity contribution in [1.29, 1.82) is 0 Å². The SMILES string of the molecule is COC(=O)CC(C1=C(O)C(=O)C(C(CC(=O)OC)c2ccncc2)=C(O)C1=O)c1ccncc1. The molecular weight excluding hydrogens is 444 g/mol. The molecular formula is C24H22N2O8. The van der Waals surface area contributed by atoms with E-state index in [0.29, 0.717) is 11.1 Å². The van der Waals surface area contributed by atoms with Gasteiger partial charge in [0.2, 0.25) is 11.6 Å². The van der Waals surface area contributed by atoms with E-state index in [1.54, 1.807) is 0 Å². The van der Waals surface area contributed by atoms with Gasteiger partial charge in [-0.3, -0.25) is 29.1 Å². The zero-order valence-electron chi connectivity index (χ0n) is 18.4. The number of nitrogens with zero attached hydrogens (tertiary/aromatic N) is 2. The summed E-state index contributed by atoms with van der Waals surface area (Å²) in [7, 11) is 2.32. The number of esters is 2. The number of ether oxygens (including phenoxy) is 2. The maximum absolute atomic E-state index is 13.3. The van der Waals surface area contributed by atoms with Crippen LogP contribution in [0, 0.1) is 0 Å². The minimum absolute atomic E-state index is 0.377. The molecule has 0 radical (unpaired) electrons. The summed E-state index contributed by atoms with van der Waals surface area (Å²) in [5, 5.41) is 21.7. The Bertz CT molecular complexity index is 1080. The summed E-state index contributed by atoms with van der Waals surface area (Å²) < 4.78 is 9.41. The van der Waals surface area contributed by atoms with E-state index in [9.17, 15) is 29.4 Å². The van der Waals surface area contributed by atoms with Crippen LogP contribution >= 0.6 is 0 Å². The molecule has 0 aromatic carbocycles. The first-order chi connectivity index (χ1) is 16.3. The van der Waals surface area contributed by atoms with Crippen LogP contribution in [0.15, 0.2) is 71.7 Å². The molecule has 10 heteroatoms. The fraction of sp³-hybridized carbons (Fsp3) is 0.250. The highest BCUT2D eigenvalue weighted by atomic mass is 16.5. The molecule has 2 aromatic heterocycles. The molecule has 176 valence electrons. The first-order valence-corrected chi connectivity index (χ1v) is 10.2. The molecule has 2 atom stereocenters. The van der Waals surface area contributed by atoms with E-state index in [0.717, 1.165) is 14.2 Å². The Hall–Kier alpha value is -4.34. The number of hydrogen-bond donors (Lipinski definition) is 2. The molecule has 2 unspecified atom stereocenters. The molecule has 0 saturated heterocycles. The number of allylic oxidation sites excluding steroid dienone is 2. The number of methoxy groups -OCH3 is 2. The third-order valence-corrected chi connectivity index (χ3v) is 5.54. The van der Waals surface area contributed by atoms with Gasteiger partial charge in [0.15, 0.2) is 11.5 Å². The zero-order chi connectivity index (χ0) is 24.8. The number of rotatable bonds is 8. The van der Waals surface area contributed by atoms with Crippen LogP contribution in [0.3, 0.4) is 0 Å². The lowest BCUT2D eigenvalue weighted by molar-refractivity contribution is -0.142. The quantitative estimate of drug-likeness (QED) is 0.437. The van der Waals surface area contributed by atoms with Gasteiger partial charge in [0.25, 0.3) is 0 Å². The number of hydrogen-bond acceptors (Lipinski definition) is 10. The van der Waals surface area contributed by atoms with Crippen molar-refractivity contribution >= 4 is 23.5 Å². The second kappa shape index (κ2) is 10.5. The highest BCUT2D eigenvalue weighted by Crippen LogP contribution is 2.40. The molecule has 2 aromatic rings. The minimum Gasteiger partial charge on any atom is -0.504 e. The molecule has 1 aliphatic carbocycles. The summed E-state index contributed by atoms with van der Waals surface area (Å²) in [5.74, 6) is -7.50. The lowest BCUT2D eigenvalue weighted by atomic mass is 9.76. The van der Waals surface area contributed by atoms with Crippen molar-refractivity contribution in [3.8, 4) is 0 Å². The summed E-state index contributed by atoms with van der Waals surface area (Å²) in [4.78, 5) is 58.5. The molecule has 0 aliphatic heterocycles. The fourth-order valence-corrected chi connectivity index (χ4v) is 3.83. The van der Waals surface area contributed by atoms with Gasteiger partial charge in [-0.25, -0.2) is 0 Å². The van der Waals surface area contributed by atoms with E-state index in [4.69, 9.17) is 9.47 Å². The topological polar surface area (TPSA) is 153 Å². The van der Waals surface area contributed by atoms with Crippen LogP contribution in [0.5, 0.6) is 0 Å². The maximum atomic E-state index is 13.3. The van der Waals surface area contributed by atoms with Crippen LogP contribution in [0.4, 0.5) is 0 Å². The van der Waals surface area contributed by atoms with Gasteiger partial charge < -0.3 is 19.7 Å². The molecule has 0 spiro atoms. The number of carbonyl (C=O) groups excluding carboxylic acids is 4. The summed E-state index contributed by atoms with van der Waals surface area (Å²) in [6.45, 7) is 0. The van der Waals surface area contributed by atoms with Crippen LogP contribution in [-0.2, 0) is 28.7 Å². The van der Waals surface area contributed by atoms with Crippen LogP contribution in [0.25, 0.3) is 0 Å². The van der Waals surface area contributed by atoms with Crippen LogP contribution in [-0.4, -0.2) is 57.9 Å². The third-order valence-electron chi connectivity index (χ3n) is 5.54. The molecule has 3 rings (SSSR count). The molecule has 1 aliphatic rings. The van der Waals surface area contributed by atoms with E-state index >= 15 is 0 Å². The normalized spacial score (nSPS) is 15.7. The number of ketones is 2. The Labute approximate surface area is 194 Å². The summed E-state index contributed by atoms with van der Waals surface area (Å²) in [6.07, 6.45) is 4.92. The van der Waals surface area contributed by atoms with Crippen molar-refractivity contribution in [3.05, 3.63) is 82.8 Å². The second-order valence-corrected chi connectivity index (χ2v) is 7.41. The predicted molar refractivity (Wildman–Crippen MR) is 117 cm³/mol. The molecule has 2 N–H and O–H groups in total. The monoisotopic (exact) mass is 466 g/mol. The molecule has 0 amide bonds. The second-order valence-electron chi connectivity index (χ2n) is 7.41. The van der Waals surface area contributed by atoms with Crippen LogP contribution in [0.2, 0.25) is 0 Å². The fourth-order valence-electron chi connectivity index (χ4n) is 3.83. The van der Waals surface area contributed by atoms with Crippen molar-refractivity contribution in [2.24, 2.45) is 0 Å². The summed E-state index contributed by atoms with van der Waals surface area (Å²) in [5.41, 5.74) is -0.0945. The van der Waals surface area contributed by atoms with Crippen LogP contribution < -0.4 is 0 Å². The Morgan fingerprint density at radius 2 is 1.06 bits per heavy atom. The van der Waals surface area contributed by atoms with E-state index in [1.165, 1.54) is 49.1 Å². The predicted octanol–water partition coefficient (Wildman–Crippen LogP) is 2.25. The summed E-state index contributed by atoms with van der Waals surface area (Å²) >= 11 is 0. The lowest BCUT2D eigenvalue weighted by Gasteiger charge is -2.27. The van der Waals surface area contributed by atoms with Crippen molar-refractivity contribution in [2.75, 3.05) is 14.2 Å². The van der Waals surface area contributed by atoms with Crippen molar-refractivity contribution in [3.63, 3.8) is 0 Å². The van der Waals surface area contributed by atoms with Gasteiger partial charge in [-0.15, -0.1) is 0 Å². The third kappa shape index (κ3) is 4.85. The zero-order valence-corrected chi connectivity index (χ0v) is 18.4. The number of carbonyl (C=O) groups is 4. The van der Waals surface area contributed by atoms with Gasteiger partial charge in [0.05, 0.1) is 38.2 Å². The van der Waals surface area contributed by atoms with Crippen molar-refractivity contribution < 1.29 is 38.9 Å². The van der Waals surface area contributed by atoms with E-state index in [-0.39, 0.29) is 12.8 Å². The van der Waals surface area contributed by atoms with E-state index < -0.39 is 58.0 Å². The average Bonchev–Trinajstić information content (AvgIpc) is 2.87. The number of pyridine rings is 2. The lowest BCUT2D eigenvalue weighted by Crippen LogP contribution is -2.31. The van der Waals surface area contributed by atoms with E-state index in [2.05, 4.69) is 9.97 Å². The first-order valence-electron chi connectivity index (χ1n) is 10.2. The number of aliphatic hydroxyl groups excluding tert-OH is 2. The van der Waals surface area contributed by atoms with Gasteiger partial charge in [-0.1, -0.05) is 0 Å². The van der Waals surface area contributed by atoms with Gasteiger partial charge >= 0.3 is 11.9 Å². The maximum Gasteiger partial charge on any atom is 0.306 e. The first kappa shape index (κ1) is 24.3. The highest BCUT2D eigenvalue weighted by molar-refractivity contribution is 6.24. The Morgan fingerprint density at radius 1 is 0.735 bits per heavy atom.